The molecular formula is C15H21F2N3O. The summed E-state index contributed by atoms with van der Waals surface area (Å²) in [6.45, 7) is 4.81. The quantitative estimate of drug-likeness (QED) is 0.838. The highest BCUT2D eigenvalue weighted by molar-refractivity contribution is 5.94. The molecule has 4 nitrogen and oxygen atoms in total. The number of nitrogens with zero attached hydrogens (tertiary/aromatic N) is 3. The van der Waals surface area contributed by atoms with Crippen molar-refractivity contribution in [1.29, 1.82) is 0 Å². The van der Waals surface area contributed by atoms with Crippen molar-refractivity contribution in [3.63, 3.8) is 0 Å². The lowest BCUT2D eigenvalue weighted by molar-refractivity contribution is 0.0629. The second-order valence-electron chi connectivity index (χ2n) is 5.57. The highest BCUT2D eigenvalue weighted by atomic mass is 19.2. The van der Waals surface area contributed by atoms with Gasteiger partial charge in [0.05, 0.1) is 0 Å². The summed E-state index contributed by atoms with van der Waals surface area (Å²) < 4.78 is 26.1. The van der Waals surface area contributed by atoms with Crippen molar-refractivity contribution in [1.82, 2.24) is 14.7 Å². The molecule has 1 amide bonds. The van der Waals surface area contributed by atoms with E-state index in [1.807, 2.05) is 14.1 Å². The molecule has 0 radical (unpaired) electrons. The fraction of sp³-hybridized carbons (Fsp3) is 0.533. The van der Waals surface area contributed by atoms with E-state index in [9.17, 15) is 13.6 Å². The normalized spacial score (nSPS) is 16.5. The second kappa shape index (κ2) is 6.95. The summed E-state index contributed by atoms with van der Waals surface area (Å²) in [5.41, 5.74) is 0.204. The first kappa shape index (κ1) is 15.9. The number of halogens is 2. The largest absolute Gasteiger partial charge is 0.336 e. The molecule has 1 aromatic carbocycles. The first-order chi connectivity index (χ1) is 9.97. The Balaban J connectivity index is 1.89. The van der Waals surface area contributed by atoms with Crippen molar-refractivity contribution < 1.29 is 13.6 Å². The van der Waals surface area contributed by atoms with Gasteiger partial charge in [-0.3, -0.25) is 9.69 Å². The molecule has 0 N–H and O–H groups in total. The Hall–Kier alpha value is -1.53. The maximum atomic E-state index is 13.2. The first-order valence-electron chi connectivity index (χ1n) is 7.09. The fourth-order valence-corrected chi connectivity index (χ4v) is 2.33. The van der Waals surface area contributed by atoms with Gasteiger partial charge < -0.3 is 9.80 Å². The number of amides is 1. The Morgan fingerprint density at radius 3 is 2.38 bits per heavy atom. The first-order valence-corrected chi connectivity index (χ1v) is 7.09. The zero-order valence-corrected chi connectivity index (χ0v) is 12.5. The minimum absolute atomic E-state index is 0.204. The Morgan fingerprint density at radius 1 is 1.14 bits per heavy atom. The van der Waals surface area contributed by atoms with Crippen molar-refractivity contribution in [2.24, 2.45) is 0 Å². The third kappa shape index (κ3) is 4.22. The Kier molecular flexibility index (Phi) is 5.25. The van der Waals surface area contributed by atoms with Gasteiger partial charge in [-0.15, -0.1) is 0 Å². The topological polar surface area (TPSA) is 26.8 Å². The van der Waals surface area contributed by atoms with Crippen molar-refractivity contribution in [3.05, 3.63) is 35.4 Å². The highest BCUT2D eigenvalue weighted by Gasteiger charge is 2.22. The summed E-state index contributed by atoms with van der Waals surface area (Å²) in [4.78, 5) is 18.4. The summed E-state index contributed by atoms with van der Waals surface area (Å²) in [7, 11) is 4.06. The average Bonchev–Trinajstić information content (AvgIpc) is 2.48. The van der Waals surface area contributed by atoms with Crippen LogP contribution in [0.4, 0.5) is 8.78 Å². The van der Waals surface area contributed by atoms with E-state index in [0.717, 1.165) is 38.3 Å². The maximum absolute atomic E-state index is 13.2. The minimum Gasteiger partial charge on any atom is -0.336 e. The number of piperazine rings is 1. The van der Waals surface area contributed by atoms with Gasteiger partial charge in [-0.05, 0) is 32.3 Å². The third-order valence-corrected chi connectivity index (χ3v) is 3.69. The average molecular weight is 297 g/mol. The molecule has 0 saturated carbocycles. The Bertz CT molecular complexity index is 500. The molecule has 2 rings (SSSR count). The van der Waals surface area contributed by atoms with Crippen LogP contribution in [0.1, 0.15) is 10.4 Å². The van der Waals surface area contributed by atoms with E-state index >= 15 is 0 Å². The molecule has 0 aromatic heterocycles. The maximum Gasteiger partial charge on any atom is 0.254 e. The Labute approximate surface area is 123 Å². The number of likely N-dealkylation sites (N-methyl/N-ethyl adjacent to an activating group) is 1. The van der Waals surface area contributed by atoms with Crippen molar-refractivity contribution in [2.75, 3.05) is 53.4 Å². The fourth-order valence-electron chi connectivity index (χ4n) is 2.33. The molecule has 6 heteroatoms. The van der Waals surface area contributed by atoms with Gasteiger partial charge in [0, 0.05) is 44.8 Å². The zero-order valence-electron chi connectivity index (χ0n) is 12.5. The van der Waals surface area contributed by atoms with E-state index in [0.29, 0.717) is 13.1 Å². The summed E-state index contributed by atoms with van der Waals surface area (Å²) in [6, 6.07) is 3.30. The molecule has 1 fully saturated rings. The van der Waals surface area contributed by atoms with Gasteiger partial charge in [0.2, 0.25) is 0 Å². The van der Waals surface area contributed by atoms with Gasteiger partial charge in [0.15, 0.2) is 11.6 Å². The van der Waals surface area contributed by atoms with E-state index < -0.39 is 11.6 Å². The van der Waals surface area contributed by atoms with Crippen LogP contribution in [-0.2, 0) is 0 Å². The predicted octanol–water partition coefficient (Wildman–Crippen LogP) is 1.28. The van der Waals surface area contributed by atoms with Crippen LogP contribution in [0.3, 0.4) is 0 Å². The van der Waals surface area contributed by atoms with Crippen LogP contribution in [0.15, 0.2) is 18.2 Å². The summed E-state index contributed by atoms with van der Waals surface area (Å²) in [5.74, 6) is -2.15. The van der Waals surface area contributed by atoms with Crippen LogP contribution in [0.25, 0.3) is 0 Å². The molecule has 1 aliphatic rings. The molecule has 1 aromatic rings. The smallest absolute Gasteiger partial charge is 0.254 e. The Morgan fingerprint density at radius 2 is 1.81 bits per heavy atom. The van der Waals surface area contributed by atoms with E-state index in [4.69, 9.17) is 0 Å². The number of carbonyl (C=O) groups is 1. The second-order valence-corrected chi connectivity index (χ2v) is 5.57. The van der Waals surface area contributed by atoms with Crippen LogP contribution in [0, 0.1) is 11.6 Å². The van der Waals surface area contributed by atoms with Crippen LogP contribution in [0.2, 0.25) is 0 Å². The summed E-state index contributed by atoms with van der Waals surface area (Å²) >= 11 is 0. The monoisotopic (exact) mass is 297 g/mol. The molecule has 0 unspecified atom stereocenters. The number of benzene rings is 1. The van der Waals surface area contributed by atoms with Crippen molar-refractivity contribution >= 4 is 5.91 Å². The van der Waals surface area contributed by atoms with E-state index in [1.54, 1.807) is 4.90 Å². The van der Waals surface area contributed by atoms with Crippen molar-refractivity contribution in [2.45, 2.75) is 0 Å². The van der Waals surface area contributed by atoms with Gasteiger partial charge in [0.25, 0.3) is 5.91 Å². The molecule has 116 valence electrons. The molecule has 0 spiro atoms. The molecule has 0 bridgehead atoms. The van der Waals surface area contributed by atoms with Gasteiger partial charge in [0.1, 0.15) is 0 Å². The zero-order chi connectivity index (χ0) is 15.4. The van der Waals surface area contributed by atoms with E-state index in [-0.39, 0.29) is 11.5 Å². The van der Waals surface area contributed by atoms with Gasteiger partial charge in [-0.1, -0.05) is 0 Å². The molecule has 1 heterocycles. The van der Waals surface area contributed by atoms with Crippen molar-refractivity contribution in [3.8, 4) is 0 Å². The van der Waals surface area contributed by atoms with E-state index in [2.05, 4.69) is 9.80 Å². The number of hydrogen-bond acceptors (Lipinski definition) is 3. The lowest BCUT2D eigenvalue weighted by atomic mass is 10.1. The third-order valence-electron chi connectivity index (χ3n) is 3.69. The molecular weight excluding hydrogens is 276 g/mol. The predicted molar refractivity (Wildman–Crippen MR) is 77.3 cm³/mol. The highest BCUT2D eigenvalue weighted by Crippen LogP contribution is 2.12. The number of carbonyl (C=O) groups excluding carboxylic acids is 1. The standard InChI is InChI=1S/C15H21F2N3O/c1-18(2)5-6-19-7-9-20(10-8-19)15(21)12-3-4-13(16)14(17)11-12/h3-4,11H,5-10H2,1-2H3. The van der Waals surface area contributed by atoms with Crippen LogP contribution in [-0.4, -0.2) is 74.0 Å². The van der Waals surface area contributed by atoms with Gasteiger partial charge >= 0.3 is 0 Å². The molecule has 0 atom stereocenters. The lowest BCUT2D eigenvalue weighted by Crippen LogP contribution is -2.50. The number of hydrogen-bond donors (Lipinski definition) is 0. The summed E-state index contributed by atoms with van der Waals surface area (Å²) in [5, 5.41) is 0. The van der Waals surface area contributed by atoms with E-state index in [1.165, 1.54) is 6.07 Å². The molecule has 21 heavy (non-hydrogen) atoms. The molecule has 0 aliphatic carbocycles. The SMILES string of the molecule is CN(C)CCN1CCN(C(=O)c2ccc(F)c(F)c2)CC1. The molecule has 1 saturated heterocycles. The molecule has 1 aliphatic heterocycles. The van der Waals surface area contributed by atoms with Gasteiger partial charge in [-0.2, -0.15) is 0 Å². The van der Waals surface area contributed by atoms with Crippen LogP contribution < -0.4 is 0 Å². The number of rotatable bonds is 4. The lowest BCUT2D eigenvalue weighted by Gasteiger charge is -2.35. The van der Waals surface area contributed by atoms with Crippen LogP contribution in [0.5, 0.6) is 0 Å². The summed E-state index contributed by atoms with van der Waals surface area (Å²) in [6.07, 6.45) is 0. The van der Waals surface area contributed by atoms with Gasteiger partial charge in [-0.25, -0.2) is 8.78 Å². The van der Waals surface area contributed by atoms with Crippen LogP contribution >= 0.6 is 0 Å². The minimum atomic E-state index is -0.981.